The second-order valence-electron chi connectivity index (χ2n) is 6.32. The van der Waals surface area contributed by atoms with Gasteiger partial charge in [-0.05, 0) is 42.8 Å². The van der Waals surface area contributed by atoms with Crippen LogP contribution in [0.5, 0.6) is 0 Å². The van der Waals surface area contributed by atoms with Crippen LogP contribution in [0.1, 0.15) is 56.1 Å². The van der Waals surface area contributed by atoms with Crippen LogP contribution in [0, 0.1) is 0 Å². The van der Waals surface area contributed by atoms with Gasteiger partial charge in [0.25, 0.3) is 5.56 Å². The SMILES string of the molecule is CCCCCCc1nnc(C(F)(F)Cl)n(CCCc2ccccc2)c1=O. The Morgan fingerprint density at radius 1 is 1.04 bits per heavy atom. The van der Waals surface area contributed by atoms with Crippen molar-refractivity contribution in [3.8, 4) is 0 Å². The zero-order valence-electron chi connectivity index (χ0n) is 14.9. The summed E-state index contributed by atoms with van der Waals surface area (Å²) in [5.74, 6) is -0.783. The van der Waals surface area contributed by atoms with Gasteiger partial charge in [0, 0.05) is 6.54 Å². The number of hydrogen-bond acceptors (Lipinski definition) is 3. The lowest BCUT2D eigenvalue weighted by molar-refractivity contribution is 0.0759. The molecule has 0 unspecified atom stereocenters. The van der Waals surface area contributed by atoms with E-state index in [1.54, 1.807) is 0 Å². The number of aryl methyl sites for hydroxylation is 2. The normalized spacial score (nSPS) is 11.7. The predicted molar refractivity (Wildman–Crippen MR) is 98.6 cm³/mol. The number of hydrogen-bond donors (Lipinski definition) is 0. The van der Waals surface area contributed by atoms with Gasteiger partial charge in [-0.1, -0.05) is 56.5 Å². The first kappa shape index (κ1) is 20.5. The number of halogens is 3. The summed E-state index contributed by atoms with van der Waals surface area (Å²) >= 11 is 5.13. The molecule has 0 radical (unpaired) electrons. The molecule has 1 heterocycles. The van der Waals surface area contributed by atoms with Crippen molar-refractivity contribution in [3.63, 3.8) is 0 Å². The molecular formula is C19H24ClF2N3O. The first-order chi connectivity index (χ1) is 12.4. The summed E-state index contributed by atoms with van der Waals surface area (Å²) in [5.41, 5.74) is 0.798. The molecule has 0 spiro atoms. The van der Waals surface area contributed by atoms with Crippen molar-refractivity contribution in [2.24, 2.45) is 0 Å². The molecule has 0 bridgehead atoms. The first-order valence-corrected chi connectivity index (χ1v) is 9.38. The van der Waals surface area contributed by atoms with Gasteiger partial charge in [0.05, 0.1) is 0 Å². The maximum Gasteiger partial charge on any atom is 0.381 e. The molecule has 0 amide bonds. The molecule has 7 heteroatoms. The largest absolute Gasteiger partial charge is 0.381 e. The van der Waals surface area contributed by atoms with E-state index < -0.39 is 16.8 Å². The molecule has 0 aliphatic carbocycles. The third-order valence-corrected chi connectivity index (χ3v) is 4.39. The first-order valence-electron chi connectivity index (χ1n) is 9.01. The minimum absolute atomic E-state index is 0.128. The molecule has 2 rings (SSSR count). The van der Waals surface area contributed by atoms with Crippen molar-refractivity contribution < 1.29 is 8.78 Å². The summed E-state index contributed by atoms with van der Waals surface area (Å²) in [5, 5.41) is 3.57. The third kappa shape index (κ3) is 5.87. The molecular weight excluding hydrogens is 360 g/mol. The van der Waals surface area contributed by atoms with Gasteiger partial charge in [0.15, 0.2) is 0 Å². The van der Waals surface area contributed by atoms with Gasteiger partial charge in [-0.3, -0.25) is 9.36 Å². The van der Waals surface area contributed by atoms with Crippen LogP contribution in [-0.4, -0.2) is 14.8 Å². The van der Waals surface area contributed by atoms with Crippen molar-refractivity contribution in [2.75, 3.05) is 0 Å². The Morgan fingerprint density at radius 2 is 1.77 bits per heavy atom. The van der Waals surface area contributed by atoms with E-state index in [1.165, 1.54) is 0 Å². The number of rotatable bonds is 10. The van der Waals surface area contributed by atoms with Gasteiger partial charge < -0.3 is 0 Å². The fourth-order valence-electron chi connectivity index (χ4n) is 2.84. The summed E-state index contributed by atoms with van der Waals surface area (Å²) in [6, 6.07) is 9.68. The summed E-state index contributed by atoms with van der Waals surface area (Å²) in [4.78, 5) is 12.6. The van der Waals surface area contributed by atoms with Crippen LogP contribution >= 0.6 is 11.6 Å². The van der Waals surface area contributed by atoms with Crippen LogP contribution in [-0.2, 0) is 24.8 Å². The van der Waals surface area contributed by atoms with Crippen LogP contribution < -0.4 is 5.56 Å². The summed E-state index contributed by atoms with van der Waals surface area (Å²) < 4.78 is 28.2. The summed E-state index contributed by atoms with van der Waals surface area (Å²) in [6.07, 6.45) is 5.55. The molecule has 26 heavy (non-hydrogen) atoms. The molecule has 0 aliphatic rings. The highest BCUT2D eigenvalue weighted by molar-refractivity contribution is 6.21. The molecule has 1 aromatic heterocycles. The Morgan fingerprint density at radius 3 is 2.42 bits per heavy atom. The fraction of sp³-hybridized carbons (Fsp3) is 0.526. The van der Waals surface area contributed by atoms with Crippen LogP contribution in [0.15, 0.2) is 35.1 Å². The van der Waals surface area contributed by atoms with E-state index in [0.717, 1.165) is 35.8 Å². The summed E-state index contributed by atoms with van der Waals surface area (Å²) in [6.45, 7) is 2.22. The van der Waals surface area contributed by atoms with Gasteiger partial charge in [0.1, 0.15) is 5.69 Å². The highest BCUT2D eigenvalue weighted by Gasteiger charge is 2.35. The van der Waals surface area contributed by atoms with Gasteiger partial charge in [-0.15, -0.1) is 10.2 Å². The molecule has 0 saturated heterocycles. The van der Waals surface area contributed by atoms with E-state index >= 15 is 0 Å². The Kier molecular flexibility index (Phi) is 7.69. The lowest BCUT2D eigenvalue weighted by Crippen LogP contribution is -2.33. The zero-order valence-corrected chi connectivity index (χ0v) is 15.7. The lowest BCUT2D eigenvalue weighted by atomic mass is 10.1. The number of aromatic nitrogens is 3. The second kappa shape index (κ2) is 9.76. The third-order valence-electron chi connectivity index (χ3n) is 4.22. The molecule has 0 fully saturated rings. The highest BCUT2D eigenvalue weighted by Crippen LogP contribution is 2.29. The summed E-state index contributed by atoms with van der Waals surface area (Å²) in [7, 11) is 0. The Bertz CT molecular complexity index is 745. The van der Waals surface area contributed by atoms with E-state index in [9.17, 15) is 13.6 Å². The van der Waals surface area contributed by atoms with Crippen molar-refractivity contribution in [3.05, 3.63) is 57.8 Å². The monoisotopic (exact) mass is 383 g/mol. The molecule has 0 atom stereocenters. The van der Waals surface area contributed by atoms with Gasteiger partial charge in [-0.2, -0.15) is 8.78 Å². The Labute approximate surface area is 157 Å². The lowest BCUT2D eigenvalue weighted by Gasteiger charge is -2.15. The van der Waals surface area contributed by atoms with Crippen LogP contribution in [0.25, 0.3) is 0 Å². The van der Waals surface area contributed by atoms with Gasteiger partial charge in [0.2, 0.25) is 5.82 Å². The molecule has 4 nitrogen and oxygen atoms in total. The minimum atomic E-state index is -3.72. The van der Waals surface area contributed by atoms with E-state index in [0.29, 0.717) is 19.3 Å². The van der Waals surface area contributed by atoms with E-state index in [-0.39, 0.29) is 12.2 Å². The van der Waals surface area contributed by atoms with E-state index in [4.69, 9.17) is 11.6 Å². The number of unbranched alkanes of at least 4 members (excludes halogenated alkanes) is 3. The van der Waals surface area contributed by atoms with E-state index in [2.05, 4.69) is 17.1 Å². The maximum absolute atomic E-state index is 13.6. The molecule has 1 aromatic carbocycles. The maximum atomic E-state index is 13.6. The van der Waals surface area contributed by atoms with Gasteiger partial charge >= 0.3 is 5.38 Å². The standard InChI is InChI=1S/C19H24ClF2N3O/c1-2-3-4-8-13-16-17(26)25(18(24-23-16)19(20,21)22)14-9-12-15-10-6-5-7-11-15/h5-7,10-11H,2-4,8-9,12-14H2,1H3. The van der Waals surface area contributed by atoms with Crippen molar-refractivity contribution >= 4 is 11.6 Å². The second-order valence-corrected chi connectivity index (χ2v) is 6.80. The molecule has 142 valence electrons. The van der Waals surface area contributed by atoms with Crippen LogP contribution in [0.4, 0.5) is 8.78 Å². The molecule has 2 aromatic rings. The molecule has 0 aliphatic heterocycles. The van der Waals surface area contributed by atoms with Gasteiger partial charge in [-0.25, -0.2) is 0 Å². The number of benzene rings is 1. The Balaban J connectivity index is 2.15. The fourth-order valence-corrected chi connectivity index (χ4v) is 2.98. The number of alkyl halides is 3. The average Bonchev–Trinajstić information content (AvgIpc) is 2.61. The van der Waals surface area contributed by atoms with Crippen molar-refractivity contribution in [1.29, 1.82) is 0 Å². The average molecular weight is 384 g/mol. The smallest absolute Gasteiger partial charge is 0.287 e. The van der Waals surface area contributed by atoms with Crippen LogP contribution in [0.3, 0.4) is 0 Å². The van der Waals surface area contributed by atoms with E-state index in [1.807, 2.05) is 30.3 Å². The Hall–Kier alpha value is -1.82. The molecule has 0 N–H and O–H groups in total. The predicted octanol–water partition coefficient (Wildman–Crippen LogP) is 4.68. The zero-order chi connectivity index (χ0) is 19.0. The van der Waals surface area contributed by atoms with Crippen molar-refractivity contribution in [1.82, 2.24) is 14.8 Å². The molecule has 0 saturated carbocycles. The highest BCUT2D eigenvalue weighted by atomic mass is 35.5. The van der Waals surface area contributed by atoms with Crippen LogP contribution in [0.2, 0.25) is 0 Å². The minimum Gasteiger partial charge on any atom is -0.287 e. The topological polar surface area (TPSA) is 47.8 Å². The number of nitrogens with zero attached hydrogens (tertiary/aromatic N) is 3. The quantitative estimate of drug-likeness (QED) is 0.442. The van der Waals surface area contributed by atoms with Crippen molar-refractivity contribution in [2.45, 2.75) is 63.8 Å².